The molecule has 2 heterocycles. The van der Waals surface area contributed by atoms with Crippen molar-refractivity contribution in [1.29, 1.82) is 0 Å². The Morgan fingerprint density at radius 3 is 2.48 bits per heavy atom. The first-order chi connectivity index (χ1) is 15.0. The predicted octanol–water partition coefficient (Wildman–Crippen LogP) is 3.51. The fourth-order valence-corrected chi connectivity index (χ4v) is 3.50. The van der Waals surface area contributed by atoms with Gasteiger partial charge in [-0.2, -0.15) is 0 Å². The Kier molecular flexibility index (Phi) is 5.84. The first-order valence-corrected chi connectivity index (χ1v) is 10.1. The Morgan fingerprint density at radius 2 is 1.81 bits per heavy atom. The molecule has 0 aliphatic carbocycles. The van der Waals surface area contributed by atoms with Gasteiger partial charge in [-0.3, -0.25) is 14.4 Å². The minimum absolute atomic E-state index is 0.0411. The number of benzene rings is 2. The van der Waals surface area contributed by atoms with Crippen LogP contribution in [0.5, 0.6) is 0 Å². The molecule has 7 nitrogen and oxygen atoms in total. The van der Waals surface area contributed by atoms with E-state index in [1.165, 1.54) is 6.26 Å². The number of carbonyl (C=O) groups excluding carboxylic acids is 3. The fraction of sp³-hybridized carbons (Fsp3) is 0.208. The average Bonchev–Trinajstić information content (AvgIpc) is 3.44. The molecule has 1 saturated heterocycles. The molecule has 7 heteroatoms. The fourth-order valence-electron chi connectivity index (χ4n) is 3.50. The number of nitrogens with zero attached hydrogens (tertiary/aromatic N) is 1. The smallest absolute Gasteiger partial charge is 0.291 e. The van der Waals surface area contributed by atoms with Crippen LogP contribution in [0.4, 0.5) is 11.4 Å². The topological polar surface area (TPSA) is 91.7 Å². The van der Waals surface area contributed by atoms with Crippen LogP contribution in [0, 0.1) is 12.8 Å². The third-order valence-corrected chi connectivity index (χ3v) is 5.26. The SMILES string of the molecule is Cc1ccc(N2CC(C(=O)NCc3ccc(NC(=O)c4ccco4)cc3)CC2=O)cc1. The Morgan fingerprint density at radius 1 is 1.06 bits per heavy atom. The zero-order valence-corrected chi connectivity index (χ0v) is 17.1. The van der Waals surface area contributed by atoms with E-state index in [9.17, 15) is 14.4 Å². The molecule has 2 N–H and O–H groups in total. The summed E-state index contributed by atoms with van der Waals surface area (Å²) in [5, 5.41) is 5.65. The molecule has 1 unspecified atom stereocenters. The number of rotatable bonds is 6. The van der Waals surface area contributed by atoms with Crippen LogP contribution in [-0.2, 0) is 16.1 Å². The van der Waals surface area contributed by atoms with Crippen LogP contribution in [0.2, 0.25) is 0 Å². The van der Waals surface area contributed by atoms with Crippen LogP contribution in [0.1, 0.15) is 28.1 Å². The summed E-state index contributed by atoms with van der Waals surface area (Å²) in [4.78, 5) is 38.6. The summed E-state index contributed by atoms with van der Waals surface area (Å²) in [5.74, 6) is -0.642. The van der Waals surface area contributed by atoms with Crippen molar-refractivity contribution < 1.29 is 18.8 Å². The van der Waals surface area contributed by atoms with E-state index in [0.717, 1.165) is 16.8 Å². The number of anilines is 2. The second-order valence-electron chi connectivity index (χ2n) is 7.59. The highest BCUT2D eigenvalue weighted by Gasteiger charge is 2.34. The van der Waals surface area contributed by atoms with Crippen molar-refractivity contribution in [2.24, 2.45) is 5.92 Å². The molecule has 158 valence electrons. The van der Waals surface area contributed by atoms with Crippen LogP contribution in [0.25, 0.3) is 0 Å². The monoisotopic (exact) mass is 417 g/mol. The Labute approximate surface area is 180 Å². The first-order valence-electron chi connectivity index (χ1n) is 10.1. The van der Waals surface area contributed by atoms with Crippen LogP contribution < -0.4 is 15.5 Å². The Balaban J connectivity index is 1.29. The highest BCUT2D eigenvalue weighted by Crippen LogP contribution is 2.25. The number of hydrogen-bond donors (Lipinski definition) is 2. The highest BCUT2D eigenvalue weighted by atomic mass is 16.3. The van der Waals surface area contributed by atoms with Gasteiger partial charge in [-0.15, -0.1) is 0 Å². The van der Waals surface area contributed by atoms with E-state index in [1.54, 1.807) is 29.2 Å². The van der Waals surface area contributed by atoms with E-state index in [4.69, 9.17) is 4.42 Å². The molecule has 0 spiro atoms. The molecule has 0 saturated carbocycles. The van der Waals surface area contributed by atoms with Gasteiger partial charge in [0.1, 0.15) is 0 Å². The molecule has 1 aliphatic rings. The van der Waals surface area contributed by atoms with Crippen molar-refractivity contribution in [3.63, 3.8) is 0 Å². The van der Waals surface area contributed by atoms with E-state index < -0.39 is 0 Å². The van der Waals surface area contributed by atoms with Gasteiger partial charge in [0.2, 0.25) is 11.8 Å². The summed E-state index contributed by atoms with van der Waals surface area (Å²) in [7, 11) is 0. The van der Waals surface area contributed by atoms with Gasteiger partial charge in [0.25, 0.3) is 5.91 Å². The maximum Gasteiger partial charge on any atom is 0.291 e. The lowest BCUT2D eigenvalue weighted by Gasteiger charge is -2.17. The normalized spacial score (nSPS) is 15.7. The Bertz CT molecular complexity index is 1070. The van der Waals surface area contributed by atoms with Crippen molar-refractivity contribution >= 4 is 29.1 Å². The van der Waals surface area contributed by atoms with Crippen LogP contribution in [0.3, 0.4) is 0 Å². The van der Waals surface area contributed by atoms with Gasteiger partial charge < -0.3 is 20.0 Å². The first kappa shape index (κ1) is 20.4. The van der Waals surface area contributed by atoms with Gasteiger partial charge in [0, 0.05) is 30.9 Å². The number of aryl methyl sites for hydroxylation is 1. The van der Waals surface area contributed by atoms with E-state index in [-0.39, 0.29) is 35.8 Å². The number of amides is 3. The molecule has 4 rings (SSSR count). The standard InChI is InChI=1S/C24H23N3O4/c1-16-4-10-20(11-5-16)27-15-18(13-22(27)28)23(29)25-14-17-6-8-19(9-7-17)26-24(30)21-3-2-12-31-21/h2-12,18H,13-15H2,1H3,(H,25,29)(H,26,30). The lowest BCUT2D eigenvalue weighted by molar-refractivity contribution is -0.126. The number of hydrogen-bond acceptors (Lipinski definition) is 4. The third kappa shape index (κ3) is 4.83. The molecule has 3 amide bonds. The number of nitrogens with one attached hydrogen (secondary N) is 2. The van der Waals surface area contributed by atoms with Gasteiger partial charge in [-0.25, -0.2) is 0 Å². The van der Waals surface area contributed by atoms with Crippen LogP contribution in [-0.4, -0.2) is 24.3 Å². The maximum atomic E-state index is 12.6. The van der Waals surface area contributed by atoms with Gasteiger partial charge >= 0.3 is 0 Å². The molecule has 31 heavy (non-hydrogen) atoms. The predicted molar refractivity (Wildman–Crippen MR) is 117 cm³/mol. The molecule has 0 radical (unpaired) electrons. The Hall–Kier alpha value is -3.87. The molecular formula is C24H23N3O4. The zero-order chi connectivity index (χ0) is 21.8. The molecule has 1 aromatic heterocycles. The largest absolute Gasteiger partial charge is 0.459 e. The summed E-state index contributed by atoms with van der Waals surface area (Å²) < 4.78 is 5.07. The molecule has 3 aromatic rings. The minimum atomic E-state index is -0.374. The molecule has 0 bridgehead atoms. The summed E-state index contributed by atoms with van der Waals surface area (Å²) in [6, 6.07) is 18.1. The quantitative estimate of drug-likeness (QED) is 0.642. The summed E-state index contributed by atoms with van der Waals surface area (Å²) in [6.07, 6.45) is 1.65. The van der Waals surface area contributed by atoms with E-state index in [2.05, 4.69) is 10.6 Å². The minimum Gasteiger partial charge on any atom is -0.459 e. The highest BCUT2D eigenvalue weighted by molar-refractivity contribution is 6.02. The summed E-state index contributed by atoms with van der Waals surface area (Å²) >= 11 is 0. The van der Waals surface area contributed by atoms with Gasteiger partial charge in [0.05, 0.1) is 12.2 Å². The van der Waals surface area contributed by atoms with Gasteiger partial charge in [-0.1, -0.05) is 29.8 Å². The van der Waals surface area contributed by atoms with E-state index >= 15 is 0 Å². The van der Waals surface area contributed by atoms with Crippen molar-refractivity contribution in [3.05, 3.63) is 83.8 Å². The van der Waals surface area contributed by atoms with Crippen molar-refractivity contribution in [3.8, 4) is 0 Å². The van der Waals surface area contributed by atoms with Gasteiger partial charge in [-0.05, 0) is 48.9 Å². The molecule has 1 atom stereocenters. The summed E-state index contributed by atoms with van der Waals surface area (Å²) in [6.45, 7) is 2.72. The third-order valence-electron chi connectivity index (χ3n) is 5.26. The number of carbonyl (C=O) groups is 3. The van der Waals surface area contributed by atoms with Crippen LogP contribution in [0.15, 0.2) is 71.3 Å². The van der Waals surface area contributed by atoms with Crippen molar-refractivity contribution in [2.45, 2.75) is 19.9 Å². The molecule has 1 fully saturated rings. The molecule has 2 aromatic carbocycles. The van der Waals surface area contributed by atoms with E-state index in [1.807, 2.05) is 43.3 Å². The lowest BCUT2D eigenvalue weighted by Crippen LogP contribution is -2.32. The maximum absolute atomic E-state index is 12.6. The summed E-state index contributed by atoms with van der Waals surface area (Å²) in [5.41, 5.74) is 3.46. The second-order valence-corrected chi connectivity index (χ2v) is 7.59. The number of furan rings is 1. The molecular weight excluding hydrogens is 394 g/mol. The van der Waals surface area contributed by atoms with E-state index in [0.29, 0.717) is 18.8 Å². The second kappa shape index (κ2) is 8.87. The van der Waals surface area contributed by atoms with Crippen molar-refractivity contribution in [2.75, 3.05) is 16.8 Å². The van der Waals surface area contributed by atoms with Crippen molar-refractivity contribution in [1.82, 2.24) is 5.32 Å². The average molecular weight is 417 g/mol. The molecule has 1 aliphatic heterocycles. The lowest BCUT2D eigenvalue weighted by atomic mass is 10.1. The zero-order valence-electron chi connectivity index (χ0n) is 17.1. The van der Waals surface area contributed by atoms with Crippen LogP contribution >= 0.6 is 0 Å². The van der Waals surface area contributed by atoms with Gasteiger partial charge in [0.15, 0.2) is 5.76 Å².